The lowest BCUT2D eigenvalue weighted by atomic mass is 9.91. The van der Waals surface area contributed by atoms with Gasteiger partial charge >= 0.3 is 0 Å². The molecule has 2 aromatic rings. The van der Waals surface area contributed by atoms with Crippen molar-refractivity contribution in [2.24, 2.45) is 5.92 Å². The molecule has 0 amide bonds. The highest BCUT2D eigenvalue weighted by Gasteiger charge is 2.26. The fraction of sp³-hybridized carbons (Fsp3) is 0.316. The van der Waals surface area contributed by atoms with E-state index in [0.717, 1.165) is 17.7 Å². The lowest BCUT2D eigenvalue weighted by Crippen LogP contribution is -2.29. The lowest BCUT2D eigenvalue weighted by Gasteiger charge is -2.25. The second-order valence-electron chi connectivity index (χ2n) is 6.02. The number of para-hydroxylation sites is 1. The van der Waals surface area contributed by atoms with Gasteiger partial charge in [0.15, 0.2) is 0 Å². The van der Waals surface area contributed by atoms with Crippen molar-refractivity contribution >= 4 is 5.69 Å². The average molecular weight is 278 g/mol. The Morgan fingerprint density at radius 2 is 1.67 bits per heavy atom. The molecule has 1 atom stereocenters. The highest BCUT2D eigenvalue weighted by Crippen LogP contribution is 2.26. The molecule has 1 unspecified atom stereocenters. The van der Waals surface area contributed by atoms with E-state index in [4.69, 9.17) is 0 Å². The summed E-state index contributed by atoms with van der Waals surface area (Å²) in [7, 11) is 0. The number of hydrogen-bond donors (Lipinski definition) is 1. The van der Waals surface area contributed by atoms with Crippen molar-refractivity contribution in [3.63, 3.8) is 0 Å². The fourth-order valence-electron chi connectivity index (χ4n) is 2.42. The molecule has 0 spiro atoms. The molecule has 0 aliphatic rings. The first-order chi connectivity index (χ1) is 10.0. The molecule has 0 aliphatic heterocycles. The Kier molecular flexibility index (Phi) is 4.65. The molecule has 2 aromatic carbocycles. The van der Waals surface area contributed by atoms with Crippen LogP contribution in [0.4, 0.5) is 5.69 Å². The van der Waals surface area contributed by atoms with Crippen molar-refractivity contribution in [1.29, 1.82) is 5.26 Å². The van der Waals surface area contributed by atoms with E-state index >= 15 is 0 Å². The summed E-state index contributed by atoms with van der Waals surface area (Å²) in [4.78, 5) is 0. The highest BCUT2D eigenvalue weighted by atomic mass is 15.0. The SMILES string of the molecule is CC(C)Cc1ccc(C(C)(C#N)Nc2ccccc2)cc1. The van der Waals surface area contributed by atoms with Crippen LogP contribution in [-0.4, -0.2) is 0 Å². The van der Waals surface area contributed by atoms with Crippen molar-refractivity contribution in [1.82, 2.24) is 0 Å². The van der Waals surface area contributed by atoms with Crippen LogP contribution in [0.5, 0.6) is 0 Å². The summed E-state index contributed by atoms with van der Waals surface area (Å²) >= 11 is 0. The first kappa shape index (κ1) is 15.1. The van der Waals surface area contributed by atoms with Crippen LogP contribution in [0.25, 0.3) is 0 Å². The van der Waals surface area contributed by atoms with Gasteiger partial charge in [0.05, 0.1) is 6.07 Å². The van der Waals surface area contributed by atoms with Crippen molar-refractivity contribution in [2.45, 2.75) is 32.7 Å². The van der Waals surface area contributed by atoms with Gasteiger partial charge in [0.1, 0.15) is 5.54 Å². The van der Waals surface area contributed by atoms with E-state index in [1.165, 1.54) is 5.56 Å². The number of benzene rings is 2. The van der Waals surface area contributed by atoms with Gasteiger partial charge in [-0.1, -0.05) is 56.3 Å². The zero-order chi connectivity index (χ0) is 15.3. The minimum absolute atomic E-state index is 0.639. The number of nitriles is 1. The predicted octanol–water partition coefficient (Wildman–Crippen LogP) is 4.74. The summed E-state index contributed by atoms with van der Waals surface area (Å²) in [6, 6.07) is 20.6. The first-order valence-corrected chi connectivity index (χ1v) is 7.37. The van der Waals surface area contributed by atoms with Gasteiger partial charge in [0.25, 0.3) is 0 Å². The van der Waals surface area contributed by atoms with Gasteiger partial charge < -0.3 is 5.32 Å². The second-order valence-corrected chi connectivity index (χ2v) is 6.02. The topological polar surface area (TPSA) is 35.8 Å². The molecular weight excluding hydrogens is 256 g/mol. The number of anilines is 1. The summed E-state index contributed by atoms with van der Waals surface area (Å²) in [5.74, 6) is 0.639. The van der Waals surface area contributed by atoms with E-state index in [2.05, 4.69) is 49.5 Å². The van der Waals surface area contributed by atoms with Gasteiger partial charge in [-0.05, 0) is 42.5 Å². The summed E-state index contributed by atoms with van der Waals surface area (Å²) in [6.07, 6.45) is 1.07. The van der Waals surface area contributed by atoms with Gasteiger partial charge in [-0.15, -0.1) is 0 Å². The number of nitrogens with zero attached hydrogens (tertiary/aromatic N) is 1. The van der Waals surface area contributed by atoms with Crippen molar-refractivity contribution in [2.75, 3.05) is 5.32 Å². The molecule has 0 fully saturated rings. The zero-order valence-corrected chi connectivity index (χ0v) is 12.9. The highest BCUT2D eigenvalue weighted by molar-refractivity contribution is 5.50. The summed E-state index contributed by atoms with van der Waals surface area (Å²) in [5, 5.41) is 12.9. The van der Waals surface area contributed by atoms with Crippen LogP contribution < -0.4 is 5.32 Å². The van der Waals surface area contributed by atoms with E-state index in [1.54, 1.807) is 0 Å². The van der Waals surface area contributed by atoms with Crippen LogP contribution in [0.2, 0.25) is 0 Å². The monoisotopic (exact) mass is 278 g/mol. The first-order valence-electron chi connectivity index (χ1n) is 7.37. The van der Waals surface area contributed by atoms with E-state index < -0.39 is 5.54 Å². The molecule has 108 valence electrons. The summed E-state index contributed by atoms with van der Waals surface area (Å²) in [6.45, 7) is 6.34. The maximum Gasteiger partial charge on any atom is 0.148 e. The molecule has 0 aromatic heterocycles. The quantitative estimate of drug-likeness (QED) is 0.857. The van der Waals surface area contributed by atoms with Crippen LogP contribution in [0, 0.1) is 17.2 Å². The van der Waals surface area contributed by atoms with Crippen LogP contribution >= 0.6 is 0 Å². The maximum atomic E-state index is 9.60. The smallest absolute Gasteiger partial charge is 0.148 e. The Morgan fingerprint density at radius 3 is 2.19 bits per heavy atom. The number of rotatable bonds is 5. The third-order valence-corrected chi connectivity index (χ3v) is 3.57. The second kappa shape index (κ2) is 6.45. The van der Waals surface area contributed by atoms with Crippen LogP contribution in [0.15, 0.2) is 54.6 Å². The molecule has 1 N–H and O–H groups in total. The minimum atomic E-state index is -0.724. The molecule has 2 heteroatoms. The Labute approximate surface area is 127 Å². The number of nitrogens with one attached hydrogen (secondary N) is 1. The van der Waals surface area contributed by atoms with Crippen LogP contribution in [0.1, 0.15) is 31.9 Å². The zero-order valence-electron chi connectivity index (χ0n) is 12.9. The van der Waals surface area contributed by atoms with Gasteiger partial charge in [-0.3, -0.25) is 0 Å². The third kappa shape index (κ3) is 3.86. The van der Waals surface area contributed by atoms with E-state index in [0.29, 0.717) is 5.92 Å². The minimum Gasteiger partial charge on any atom is -0.364 e. The van der Waals surface area contributed by atoms with E-state index in [-0.39, 0.29) is 0 Å². The maximum absolute atomic E-state index is 9.60. The van der Waals surface area contributed by atoms with Crippen LogP contribution in [0.3, 0.4) is 0 Å². The molecule has 0 heterocycles. The van der Waals surface area contributed by atoms with E-state index in [1.807, 2.05) is 37.3 Å². The normalized spacial score (nSPS) is 13.5. The summed E-state index contributed by atoms with van der Waals surface area (Å²) < 4.78 is 0. The largest absolute Gasteiger partial charge is 0.364 e. The van der Waals surface area contributed by atoms with E-state index in [9.17, 15) is 5.26 Å². The third-order valence-electron chi connectivity index (χ3n) is 3.57. The Morgan fingerprint density at radius 1 is 1.05 bits per heavy atom. The lowest BCUT2D eigenvalue weighted by molar-refractivity contribution is 0.645. The number of hydrogen-bond acceptors (Lipinski definition) is 2. The van der Waals surface area contributed by atoms with Gasteiger partial charge in [-0.25, -0.2) is 0 Å². The Bertz CT molecular complexity index is 608. The fourth-order valence-corrected chi connectivity index (χ4v) is 2.42. The Hall–Kier alpha value is -2.27. The van der Waals surface area contributed by atoms with Crippen molar-refractivity contribution in [3.05, 3.63) is 65.7 Å². The molecule has 0 saturated heterocycles. The summed E-state index contributed by atoms with van der Waals surface area (Å²) in [5.41, 5.74) is 2.53. The van der Waals surface area contributed by atoms with Crippen molar-refractivity contribution < 1.29 is 0 Å². The molecule has 21 heavy (non-hydrogen) atoms. The molecule has 2 nitrogen and oxygen atoms in total. The van der Waals surface area contributed by atoms with Crippen molar-refractivity contribution in [3.8, 4) is 6.07 Å². The average Bonchev–Trinajstić information content (AvgIpc) is 2.48. The standard InChI is InChI=1S/C19H22N2/c1-15(2)13-16-9-11-17(12-10-16)19(3,14-20)21-18-7-5-4-6-8-18/h4-12,15,21H,13H2,1-3H3. The van der Waals surface area contributed by atoms with Gasteiger partial charge in [-0.2, -0.15) is 5.26 Å². The molecule has 0 saturated carbocycles. The molecule has 0 bridgehead atoms. The van der Waals surface area contributed by atoms with Gasteiger partial charge in [0.2, 0.25) is 0 Å². The molecule has 0 radical (unpaired) electrons. The van der Waals surface area contributed by atoms with Gasteiger partial charge in [0, 0.05) is 5.69 Å². The molecular formula is C19H22N2. The molecule has 2 rings (SSSR count). The Balaban J connectivity index is 2.22. The predicted molar refractivity (Wildman–Crippen MR) is 88.0 cm³/mol. The molecule has 0 aliphatic carbocycles. The van der Waals surface area contributed by atoms with Crippen LogP contribution in [-0.2, 0) is 12.0 Å².